The maximum absolute atomic E-state index is 12.6. The minimum absolute atomic E-state index is 0.145. The fourth-order valence-electron chi connectivity index (χ4n) is 2.89. The molecule has 3 heterocycles. The number of aryl methyl sites for hydroxylation is 1. The molecule has 0 saturated carbocycles. The first kappa shape index (κ1) is 23.2. The summed E-state index contributed by atoms with van der Waals surface area (Å²) in [5.41, 5.74) is 1.26. The maximum Gasteiger partial charge on any atom is 0.341 e. The molecule has 0 atom stereocenters. The van der Waals surface area contributed by atoms with Crippen LogP contribution in [0.3, 0.4) is 0 Å². The number of nitrogens with zero attached hydrogens (tertiary/aromatic N) is 3. The second-order valence-electron chi connectivity index (χ2n) is 6.60. The van der Waals surface area contributed by atoms with Crippen LogP contribution in [0, 0.1) is 13.8 Å². The topological polar surface area (TPSA) is 86.1 Å². The lowest BCUT2D eigenvalue weighted by Gasteiger charge is -2.08. The highest BCUT2D eigenvalue weighted by Gasteiger charge is 2.22. The molecule has 0 radical (unpaired) electrons. The summed E-state index contributed by atoms with van der Waals surface area (Å²) in [6, 6.07) is 4.07. The third-order valence-electron chi connectivity index (χ3n) is 4.47. The maximum atomic E-state index is 12.6. The number of carbonyl (C=O) groups is 2. The monoisotopic (exact) mass is 476 g/mol. The van der Waals surface area contributed by atoms with Crippen molar-refractivity contribution >= 4 is 51.3 Å². The molecule has 0 aliphatic heterocycles. The number of aromatic nitrogens is 3. The third kappa shape index (κ3) is 5.63. The van der Waals surface area contributed by atoms with Gasteiger partial charge in [-0.1, -0.05) is 23.9 Å². The van der Waals surface area contributed by atoms with Gasteiger partial charge in [0.2, 0.25) is 5.91 Å². The Morgan fingerprint density at radius 3 is 2.84 bits per heavy atom. The average Bonchev–Trinajstić information content (AvgIpc) is 3.43. The Balaban J connectivity index is 1.69. The van der Waals surface area contributed by atoms with Crippen molar-refractivity contribution < 1.29 is 14.3 Å². The smallest absolute Gasteiger partial charge is 0.341 e. The van der Waals surface area contributed by atoms with Crippen LogP contribution in [0.15, 0.2) is 35.3 Å². The summed E-state index contributed by atoms with van der Waals surface area (Å²) in [5.74, 6) is 0.340. The van der Waals surface area contributed by atoms with Crippen LogP contribution in [0.2, 0.25) is 0 Å². The zero-order valence-electron chi connectivity index (χ0n) is 17.6. The van der Waals surface area contributed by atoms with Crippen molar-refractivity contribution in [3.63, 3.8) is 0 Å². The van der Waals surface area contributed by atoms with Gasteiger partial charge in [-0.3, -0.25) is 4.79 Å². The van der Waals surface area contributed by atoms with Crippen LogP contribution in [0.4, 0.5) is 5.00 Å². The predicted octanol–water partition coefficient (Wildman–Crippen LogP) is 4.70. The zero-order chi connectivity index (χ0) is 22.4. The number of thiophene rings is 2. The molecule has 0 spiro atoms. The number of anilines is 1. The van der Waals surface area contributed by atoms with Crippen LogP contribution in [-0.4, -0.2) is 39.0 Å². The third-order valence-corrected chi connectivity index (χ3v) is 7.43. The van der Waals surface area contributed by atoms with Gasteiger partial charge in [0.05, 0.1) is 17.9 Å². The average molecular weight is 477 g/mol. The van der Waals surface area contributed by atoms with E-state index in [4.69, 9.17) is 4.74 Å². The number of nitrogens with one attached hydrogen (secondary N) is 1. The van der Waals surface area contributed by atoms with E-state index in [-0.39, 0.29) is 18.3 Å². The minimum atomic E-state index is -0.420. The van der Waals surface area contributed by atoms with Gasteiger partial charge >= 0.3 is 5.97 Å². The van der Waals surface area contributed by atoms with Gasteiger partial charge in [-0.15, -0.1) is 39.4 Å². The number of esters is 1. The molecule has 7 nitrogen and oxygen atoms in total. The van der Waals surface area contributed by atoms with E-state index in [1.165, 1.54) is 28.0 Å². The summed E-state index contributed by atoms with van der Waals surface area (Å²) in [5, 5.41) is 14.6. The van der Waals surface area contributed by atoms with E-state index in [9.17, 15) is 9.59 Å². The molecule has 3 rings (SSSR count). The summed E-state index contributed by atoms with van der Waals surface area (Å²) >= 11 is 4.35. The quantitative estimate of drug-likeness (QED) is 0.259. The molecule has 0 bridgehead atoms. The number of carbonyl (C=O) groups excluding carboxylic acids is 2. The van der Waals surface area contributed by atoms with Crippen molar-refractivity contribution in [1.29, 1.82) is 0 Å². The number of hydrogen-bond donors (Lipinski definition) is 1. The van der Waals surface area contributed by atoms with E-state index in [0.29, 0.717) is 28.7 Å². The number of rotatable bonds is 10. The van der Waals surface area contributed by atoms with Crippen LogP contribution in [0.5, 0.6) is 0 Å². The Bertz CT molecular complexity index is 1070. The van der Waals surface area contributed by atoms with Crippen LogP contribution < -0.4 is 5.32 Å². The highest BCUT2D eigenvalue weighted by molar-refractivity contribution is 7.99. The summed E-state index contributed by atoms with van der Waals surface area (Å²) < 4.78 is 7.11. The molecule has 0 saturated heterocycles. The second-order valence-corrected chi connectivity index (χ2v) is 9.80. The van der Waals surface area contributed by atoms with Crippen LogP contribution in [0.1, 0.15) is 38.4 Å². The van der Waals surface area contributed by atoms with Gasteiger partial charge in [0.25, 0.3) is 0 Å². The van der Waals surface area contributed by atoms with Crippen molar-refractivity contribution in [3.05, 3.63) is 56.9 Å². The van der Waals surface area contributed by atoms with Crippen LogP contribution in [0.25, 0.3) is 0 Å². The fourth-order valence-corrected chi connectivity index (χ4v) is 5.43. The molecule has 3 aromatic heterocycles. The van der Waals surface area contributed by atoms with E-state index in [1.54, 1.807) is 24.3 Å². The van der Waals surface area contributed by atoms with E-state index >= 15 is 0 Å². The van der Waals surface area contributed by atoms with E-state index in [2.05, 4.69) is 28.2 Å². The molecule has 164 valence electrons. The first-order valence-electron chi connectivity index (χ1n) is 9.69. The summed E-state index contributed by atoms with van der Waals surface area (Å²) in [4.78, 5) is 27.1. The Morgan fingerprint density at radius 2 is 2.16 bits per heavy atom. The molecular formula is C21H24N4O3S3. The van der Waals surface area contributed by atoms with Gasteiger partial charge < -0.3 is 14.6 Å². The van der Waals surface area contributed by atoms with Gasteiger partial charge in [0.15, 0.2) is 5.16 Å². The molecular weight excluding hydrogens is 452 g/mol. The number of allylic oxidation sites excluding steroid dienone is 1. The van der Waals surface area contributed by atoms with E-state index < -0.39 is 5.97 Å². The Morgan fingerprint density at radius 1 is 1.35 bits per heavy atom. The fraction of sp³-hybridized carbons (Fsp3) is 0.333. The first-order chi connectivity index (χ1) is 14.9. The number of amides is 1. The van der Waals surface area contributed by atoms with Crippen molar-refractivity contribution in [1.82, 2.24) is 14.8 Å². The van der Waals surface area contributed by atoms with Gasteiger partial charge in [-0.25, -0.2) is 4.79 Å². The molecule has 0 aliphatic rings. The molecule has 1 N–H and O–H groups in total. The zero-order valence-corrected chi connectivity index (χ0v) is 20.1. The molecule has 0 unspecified atom stereocenters. The molecule has 1 amide bonds. The Hall–Kier alpha value is -2.43. The Kier molecular flexibility index (Phi) is 8.05. The van der Waals surface area contributed by atoms with Crippen LogP contribution >= 0.6 is 34.4 Å². The lowest BCUT2D eigenvalue weighted by Crippen LogP contribution is -2.17. The molecule has 3 aromatic rings. The molecule has 0 fully saturated rings. The van der Waals surface area contributed by atoms with Gasteiger partial charge in [-0.2, -0.15) is 0 Å². The lowest BCUT2D eigenvalue weighted by atomic mass is 10.1. The highest BCUT2D eigenvalue weighted by Crippen LogP contribution is 2.33. The molecule has 31 heavy (non-hydrogen) atoms. The second kappa shape index (κ2) is 10.7. The molecule has 0 aromatic carbocycles. The summed E-state index contributed by atoms with van der Waals surface area (Å²) in [7, 11) is 0. The lowest BCUT2D eigenvalue weighted by molar-refractivity contribution is -0.113. The van der Waals surface area contributed by atoms with E-state index in [1.807, 2.05) is 29.9 Å². The van der Waals surface area contributed by atoms with Crippen molar-refractivity contribution in [2.24, 2.45) is 0 Å². The number of thioether (sulfide) groups is 1. The first-order valence-corrected chi connectivity index (χ1v) is 12.4. The Labute approximate surface area is 193 Å². The van der Waals surface area contributed by atoms with Crippen LogP contribution in [-0.2, 0) is 22.5 Å². The number of hydrogen-bond acceptors (Lipinski definition) is 8. The standard InChI is InChI=1S/C21H24N4O3S3/c1-5-9-25-16(11-15-8-7-10-29-15)23-24-21(25)30-12-17(26)22-19-18(20(27)28-6-2)13(3)14(4)31-19/h5,7-8,10H,1,6,9,11-12H2,2-4H3,(H,22,26). The minimum Gasteiger partial charge on any atom is -0.462 e. The van der Waals surface area contributed by atoms with E-state index in [0.717, 1.165) is 16.3 Å². The summed E-state index contributed by atoms with van der Waals surface area (Å²) in [6.45, 7) is 10.2. The SMILES string of the molecule is C=CCn1c(Cc2cccs2)nnc1SCC(=O)Nc1sc(C)c(C)c1C(=O)OCC. The molecule has 0 aliphatic carbocycles. The largest absolute Gasteiger partial charge is 0.462 e. The highest BCUT2D eigenvalue weighted by atomic mass is 32.2. The number of ether oxygens (including phenoxy) is 1. The van der Waals surface area contributed by atoms with Crippen molar-refractivity contribution in [2.75, 3.05) is 17.7 Å². The van der Waals surface area contributed by atoms with Gasteiger partial charge in [0.1, 0.15) is 10.8 Å². The van der Waals surface area contributed by atoms with Crippen molar-refractivity contribution in [3.8, 4) is 0 Å². The normalized spacial score (nSPS) is 10.8. The van der Waals surface area contributed by atoms with Gasteiger partial charge in [-0.05, 0) is 37.8 Å². The molecule has 10 heteroatoms. The summed E-state index contributed by atoms with van der Waals surface area (Å²) in [6.07, 6.45) is 2.47. The predicted molar refractivity (Wildman–Crippen MR) is 126 cm³/mol. The van der Waals surface area contributed by atoms with Gasteiger partial charge in [0, 0.05) is 22.7 Å². The van der Waals surface area contributed by atoms with Crippen molar-refractivity contribution in [2.45, 2.75) is 38.9 Å².